The van der Waals surface area contributed by atoms with Crippen molar-refractivity contribution in [2.24, 2.45) is 0 Å². The van der Waals surface area contributed by atoms with E-state index in [2.05, 4.69) is 0 Å². The molecule has 26 heavy (non-hydrogen) atoms. The SMILES string of the molecule is Cc1cn(C(=O)OC(C)(C)C)c2ccc(B3OC(C)(C)C(C)(C)O3)cc12. The summed E-state index contributed by atoms with van der Waals surface area (Å²) in [4.78, 5) is 12.5. The lowest BCUT2D eigenvalue weighted by molar-refractivity contribution is 0.00578. The zero-order valence-corrected chi connectivity index (χ0v) is 17.0. The predicted octanol–water partition coefficient (Wildman–Crippen LogP) is 4.03. The molecule has 0 bridgehead atoms. The van der Waals surface area contributed by atoms with Crippen molar-refractivity contribution in [1.82, 2.24) is 4.57 Å². The summed E-state index contributed by atoms with van der Waals surface area (Å²) in [5, 5.41) is 0.989. The van der Waals surface area contributed by atoms with E-state index in [0.717, 1.165) is 21.9 Å². The molecule has 0 saturated carbocycles. The fraction of sp³-hybridized carbons (Fsp3) is 0.550. The molecule has 0 amide bonds. The normalized spacial score (nSPS) is 19.2. The van der Waals surface area contributed by atoms with Gasteiger partial charge in [0.15, 0.2) is 0 Å². The number of carbonyl (C=O) groups is 1. The largest absolute Gasteiger partial charge is 0.494 e. The number of ether oxygens (including phenoxy) is 1. The number of carbonyl (C=O) groups excluding carboxylic acids is 1. The molecule has 6 heteroatoms. The Morgan fingerprint density at radius 1 is 1.12 bits per heavy atom. The Balaban J connectivity index is 1.96. The molecule has 2 heterocycles. The molecule has 1 aliphatic heterocycles. The van der Waals surface area contributed by atoms with Crippen LogP contribution < -0.4 is 5.46 Å². The molecule has 0 unspecified atom stereocenters. The molecule has 3 rings (SSSR count). The van der Waals surface area contributed by atoms with E-state index in [1.54, 1.807) is 4.57 Å². The van der Waals surface area contributed by atoms with Gasteiger partial charge in [0, 0.05) is 11.6 Å². The van der Waals surface area contributed by atoms with E-state index in [4.69, 9.17) is 14.0 Å². The first-order valence-corrected chi connectivity index (χ1v) is 9.01. The molecule has 1 saturated heterocycles. The van der Waals surface area contributed by atoms with E-state index in [1.165, 1.54) is 0 Å². The molecule has 0 N–H and O–H groups in total. The van der Waals surface area contributed by atoms with Crippen LogP contribution in [-0.2, 0) is 14.0 Å². The van der Waals surface area contributed by atoms with Gasteiger partial charge in [0.1, 0.15) is 5.60 Å². The van der Waals surface area contributed by atoms with E-state index in [-0.39, 0.29) is 17.3 Å². The van der Waals surface area contributed by atoms with Crippen LogP contribution in [0.3, 0.4) is 0 Å². The number of fused-ring (bicyclic) bond motifs is 1. The first-order chi connectivity index (χ1) is 11.8. The van der Waals surface area contributed by atoms with E-state index in [1.807, 2.05) is 79.8 Å². The summed E-state index contributed by atoms with van der Waals surface area (Å²) in [5.74, 6) is 0. The number of benzene rings is 1. The van der Waals surface area contributed by atoms with Gasteiger partial charge >= 0.3 is 13.2 Å². The minimum atomic E-state index is -0.537. The summed E-state index contributed by atoms with van der Waals surface area (Å²) < 4.78 is 19.3. The number of aromatic nitrogens is 1. The van der Waals surface area contributed by atoms with Crippen molar-refractivity contribution >= 4 is 29.6 Å². The summed E-state index contributed by atoms with van der Waals surface area (Å²) >= 11 is 0. The summed E-state index contributed by atoms with van der Waals surface area (Å²) in [6.45, 7) is 15.7. The van der Waals surface area contributed by atoms with Crippen molar-refractivity contribution in [3.63, 3.8) is 0 Å². The van der Waals surface area contributed by atoms with Crippen LogP contribution in [0.1, 0.15) is 54.0 Å². The number of aryl methyl sites for hydroxylation is 1. The third kappa shape index (κ3) is 3.28. The summed E-state index contributed by atoms with van der Waals surface area (Å²) in [7, 11) is -0.423. The second-order valence-corrected chi connectivity index (χ2v) is 9.03. The maximum Gasteiger partial charge on any atom is 0.494 e. The van der Waals surface area contributed by atoms with Crippen molar-refractivity contribution in [1.29, 1.82) is 0 Å². The van der Waals surface area contributed by atoms with Gasteiger partial charge in [-0.3, -0.25) is 4.57 Å². The minimum absolute atomic E-state index is 0.376. The van der Waals surface area contributed by atoms with Crippen molar-refractivity contribution in [2.45, 2.75) is 72.2 Å². The topological polar surface area (TPSA) is 49.7 Å². The van der Waals surface area contributed by atoms with Crippen LogP contribution in [0.25, 0.3) is 10.9 Å². The number of nitrogens with zero attached hydrogens (tertiary/aromatic N) is 1. The third-order valence-electron chi connectivity index (χ3n) is 5.14. The van der Waals surface area contributed by atoms with E-state index in [0.29, 0.717) is 0 Å². The molecule has 0 atom stereocenters. The van der Waals surface area contributed by atoms with E-state index < -0.39 is 12.7 Å². The summed E-state index contributed by atoms with van der Waals surface area (Å²) in [6, 6.07) is 5.91. The lowest BCUT2D eigenvalue weighted by Gasteiger charge is -2.32. The highest BCUT2D eigenvalue weighted by Crippen LogP contribution is 2.36. The number of hydrogen-bond acceptors (Lipinski definition) is 4. The number of rotatable bonds is 1. The van der Waals surface area contributed by atoms with Gasteiger partial charge in [-0.2, -0.15) is 0 Å². The van der Waals surface area contributed by atoms with Gasteiger partial charge in [0.2, 0.25) is 0 Å². The molecule has 0 aliphatic carbocycles. The highest BCUT2D eigenvalue weighted by atomic mass is 16.7. The van der Waals surface area contributed by atoms with Crippen LogP contribution in [0, 0.1) is 6.92 Å². The highest BCUT2D eigenvalue weighted by Gasteiger charge is 2.51. The standard InChI is InChI=1S/C20H28BNO4/c1-13-12-22(17(23)24-18(2,3)4)16-10-9-14(11-15(13)16)21-25-19(5,6)20(7,8)26-21/h9-12H,1-8H3. The van der Waals surface area contributed by atoms with E-state index >= 15 is 0 Å². The van der Waals surface area contributed by atoms with Gasteiger partial charge < -0.3 is 14.0 Å². The van der Waals surface area contributed by atoms with Crippen LogP contribution in [0.15, 0.2) is 24.4 Å². The molecule has 2 aromatic rings. The molecule has 1 fully saturated rings. The zero-order chi connectivity index (χ0) is 19.5. The summed E-state index contributed by atoms with van der Waals surface area (Å²) in [5.41, 5.74) is 1.46. The van der Waals surface area contributed by atoms with Gasteiger partial charge in [-0.15, -0.1) is 0 Å². The molecule has 1 aromatic heterocycles. The molecular weight excluding hydrogens is 329 g/mol. The lowest BCUT2D eigenvalue weighted by Crippen LogP contribution is -2.41. The van der Waals surface area contributed by atoms with E-state index in [9.17, 15) is 4.79 Å². The quantitative estimate of drug-likeness (QED) is 0.723. The fourth-order valence-corrected chi connectivity index (χ4v) is 3.00. The van der Waals surface area contributed by atoms with Crippen LogP contribution in [0.5, 0.6) is 0 Å². The van der Waals surface area contributed by atoms with Crippen LogP contribution >= 0.6 is 0 Å². The average Bonchev–Trinajstić information content (AvgIpc) is 2.91. The second kappa shape index (κ2) is 5.86. The van der Waals surface area contributed by atoms with Crippen molar-refractivity contribution in [3.05, 3.63) is 30.0 Å². The molecular formula is C20H28BNO4. The monoisotopic (exact) mass is 357 g/mol. The Hall–Kier alpha value is -1.79. The first-order valence-electron chi connectivity index (χ1n) is 9.01. The molecule has 5 nitrogen and oxygen atoms in total. The molecule has 0 radical (unpaired) electrons. The second-order valence-electron chi connectivity index (χ2n) is 9.03. The Bertz CT molecular complexity index is 845. The Morgan fingerprint density at radius 2 is 1.69 bits per heavy atom. The van der Waals surface area contributed by atoms with Gasteiger partial charge in [-0.1, -0.05) is 12.1 Å². The lowest BCUT2D eigenvalue weighted by atomic mass is 9.78. The third-order valence-corrected chi connectivity index (χ3v) is 5.14. The maximum absolute atomic E-state index is 12.5. The van der Waals surface area contributed by atoms with Crippen LogP contribution in [-0.4, -0.2) is 34.6 Å². The Morgan fingerprint density at radius 3 is 2.23 bits per heavy atom. The smallest absolute Gasteiger partial charge is 0.443 e. The average molecular weight is 357 g/mol. The minimum Gasteiger partial charge on any atom is -0.443 e. The van der Waals surface area contributed by atoms with Crippen molar-refractivity contribution in [2.75, 3.05) is 0 Å². The molecule has 1 aliphatic rings. The number of hydrogen-bond donors (Lipinski definition) is 0. The Labute approximate surface area is 155 Å². The Kier molecular flexibility index (Phi) is 4.28. The predicted molar refractivity (Wildman–Crippen MR) is 104 cm³/mol. The van der Waals surface area contributed by atoms with Gasteiger partial charge in [-0.05, 0) is 72.5 Å². The van der Waals surface area contributed by atoms with Gasteiger partial charge in [-0.25, -0.2) is 4.79 Å². The summed E-state index contributed by atoms with van der Waals surface area (Å²) in [6.07, 6.45) is 1.44. The van der Waals surface area contributed by atoms with Crippen LogP contribution in [0.2, 0.25) is 0 Å². The molecule has 1 aromatic carbocycles. The van der Waals surface area contributed by atoms with Crippen molar-refractivity contribution < 1.29 is 18.8 Å². The van der Waals surface area contributed by atoms with Gasteiger partial charge in [0.25, 0.3) is 0 Å². The molecule has 0 spiro atoms. The van der Waals surface area contributed by atoms with Gasteiger partial charge in [0.05, 0.1) is 16.7 Å². The maximum atomic E-state index is 12.5. The molecule has 140 valence electrons. The first kappa shape index (κ1) is 19.0. The van der Waals surface area contributed by atoms with Crippen LogP contribution in [0.4, 0.5) is 4.79 Å². The fourth-order valence-electron chi connectivity index (χ4n) is 3.00. The zero-order valence-electron chi connectivity index (χ0n) is 17.0. The van der Waals surface area contributed by atoms with Crippen molar-refractivity contribution in [3.8, 4) is 0 Å². The highest BCUT2D eigenvalue weighted by molar-refractivity contribution is 6.62.